The van der Waals surface area contributed by atoms with Gasteiger partial charge in [-0.1, -0.05) is 12.1 Å². The van der Waals surface area contributed by atoms with E-state index in [1.807, 2.05) is 31.2 Å². The van der Waals surface area contributed by atoms with E-state index in [9.17, 15) is 14.7 Å². The molecule has 2 aromatic rings. The molecule has 2 rings (SSSR count). The van der Waals surface area contributed by atoms with Gasteiger partial charge in [-0.25, -0.2) is 4.79 Å². The molecule has 1 amide bonds. The molecule has 1 aromatic carbocycles. The number of rotatable bonds is 9. The van der Waals surface area contributed by atoms with Crippen LogP contribution in [0.15, 0.2) is 36.7 Å². The number of carbonyl (C=O) groups is 2. The second-order valence-corrected chi connectivity index (χ2v) is 6.71. The number of carboxylic acids is 1. The molecule has 0 aliphatic heterocycles. The van der Waals surface area contributed by atoms with E-state index in [2.05, 4.69) is 10.4 Å². The number of unbranched alkanes of at least 4 members (excludes halogenated alkanes) is 1. The van der Waals surface area contributed by atoms with Gasteiger partial charge in [-0.05, 0) is 51.3 Å². The fourth-order valence-corrected chi connectivity index (χ4v) is 2.30. The van der Waals surface area contributed by atoms with E-state index in [4.69, 9.17) is 4.74 Å². The third-order valence-electron chi connectivity index (χ3n) is 4.02. The highest BCUT2D eigenvalue weighted by Gasteiger charge is 2.30. The summed E-state index contributed by atoms with van der Waals surface area (Å²) in [6.07, 6.45) is 4.81. The number of carboxylic acid groups (broad SMARTS) is 1. The SMILES string of the molecule is Cc1cccc(OCCCCC(=O)Nc2cnn(C(C)(C)C(=O)O)c2)c1. The van der Waals surface area contributed by atoms with E-state index in [0.29, 0.717) is 25.1 Å². The van der Waals surface area contributed by atoms with Crippen LogP contribution < -0.4 is 10.1 Å². The van der Waals surface area contributed by atoms with Gasteiger partial charge in [0.1, 0.15) is 5.75 Å². The van der Waals surface area contributed by atoms with Crippen molar-refractivity contribution in [3.05, 3.63) is 42.2 Å². The van der Waals surface area contributed by atoms with Crippen molar-refractivity contribution in [3.8, 4) is 5.75 Å². The Morgan fingerprint density at radius 1 is 1.31 bits per heavy atom. The van der Waals surface area contributed by atoms with Gasteiger partial charge in [0.25, 0.3) is 0 Å². The Morgan fingerprint density at radius 3 is 2.77 bits per heavy atom. The zero-order chi connectivity index (χ0) is 19.2. The Balaban J connectivity index is 1.71. The molecule has 0 aliphatic rings. The average molecular weight is 359 g/mol. The minimum Gasteiger partial charge on any atom is -0.494 e. The first kappa shape index (κ1) is 19.5. The third-order valence-corrected chi connectivity index (χ3v) is 4.02. The highest BCUT2D eigenvalue weighted by atomic mass is 16.5. The first-order valence-corrected chi connectivity index (χ1v) is 8.57. The Kier molecular flexibility index (Phi) is 6.38. The Bertz CT molecular complexity index is 768. The van der Waals surface area contributed by atoms with Gasteiger partial charge in [0.15, 0.2) is 5.54 Å². The molecule has 0 fully saturated rings. The Hall–Kier alpha value is -2.83. The van der Waals surface area contributed by atoms with Gasteiger partial charge in [0.2, 0.25) is 5.91 Å². The van der Waals surface area contributed by atoms with Crippen molar-refractivity contribution in [3.63, 3.8) is 0 Å². The molecule has 2 N–H and O–H groups in total. The number of benzene rings is 1. The molecule has 7 nitrogen and oxygen atoms in total. The molecule has 0 aliphatic carbocycles. The highest BCUT2D eigenvalue weighted by Crippen LogP contribution is 2.17. The normalized spacial score (nSPS) is 11.2. The van der Waals surface area contributed by atoms with Crippen molar-refractivity contribution in [1.82, 2.24) is 9.78 Å². The fourth-order valence-electron chi connectivity index (χ4n) is 2.30. The topological polar surface area (TPSA) is 93.5 Å². The van der Waals surface area contributed by atoms with Crippen molar-refractivity contribution < 1.29 is 19.4 Å². The molecule has 7 heteroatoms. The van der Waals surface area contributed by atoms with E-state index in [1.165, 1.54) is 17.1 Å². The summed E-state index contributed by atoms with van der Waals surface area (Å²) in [5.41, 5.74) is 0.463. The van der Waals surface area contributed by atoms with Crippen molar-refractivity contribution in [2.24, 2.45) is 0 Å². The summed E-state index contributed by atoms with van der Waals surface area (Å²) in [6.45, 7) is 5.66. The van der Waals surface area contributed by atoms with Crippen molar-refractivity contribution in [2.45, 2.75) is 45.6 Å². The zero-order valence-electron chi connectivity index (χ0n) is 15.4. The Morgan fingerprint density at radius 2 is 2.08 bits per heavy atom. The molecular weight excluding hydrogens is 334 g/mol. The number of ether oxygens (including phenoxy) is 1. The lowest BCUT2D eigenvalue weighted by atomic mass is 10.1. The molecule has 140 valence electrons. The molecule has 0 saturated carbocycles. The first-order chi connectivity index (χ1) is 12.3. The van der Waals surface area contributed by atoms with Gasteiger partial charge in [-0.2, -0.15) is 5.10 Å². The van der Waals surface area contributed by atoms with Crippen LogP contribution >= 0.6 is 0 Å². The van der Waals surface area contributed by atoms with Gasteiger partial charge < -0.3 is 15.2 Å². The standard InChI is InChI=1S/C19H25N3O4/c1-14-7-6-8-16(11-14)26-10-5-4-9-17(23)21-15-12-20-22(13-15)19(2,3)18(24)25/h6-8,11-13H,4-5,9-10H2,1-3H3,(H,21,23)(H,24,25). The maximum Gasteiger partial charge on any atom is 0.331 e. The van der Waals surface area contributed by atoms with Gasteiger partial charge in [-0.3, -0.25) is 9.48 Å². The number of aromatic nitrogens is 2. The quantitative estimate of drug-likeness (QED) is 0.671. The molecule has 0 spiro atoms. The summed E-state index contributed by atoms with van der Waals surface area (Å²) in [5.74, 6) is -0.289. The van der Waals surface area contributed by atoms with Gasteiger partial charge in [0, 0.05) is 12.6 Å². The van der Waals surface area contributed by atoms with Crippen LogP contribution in [0.5, 0.6) is 5.75 Å². The minimum atomic E-state index is -1.17. The van der Waals surface area contributed by atoms with Crippen LogP contribution in [-0.2, 0) is 15.1 Å². The lowest BCUT2D eigenvalue weighted by molar-refractivity contribution is -0.146. The smallest absolute Gasteiger partial charge is 0.331 e. The molecule has 0 saturated heterocycles. The predicted molar refractivity (Wildman–Crippen MR) is 98.3 cm³/mol. The number of carbonyl (C=O) groups excluding carboxylic acids is 1. The van der Waals surface area contributed by atoms with Gasteiger partial charge in [0.05, 0.1) is 18.5 Å². The summed E-state index contributed by atoms with van der Waals surface area (Å²) >= 11 is 0. The molecule has 1 heterocycles. The van der Waals surface area contributed by atoms with Gasteiger partial charge >= 0.3 is 5.97 Å². The number of hydrogen-bond acceptors (Lipinski definition) is 4. The summed E-state index contributed by atoms with van der Waals surface area (Å²) in [6, 6.07) is 7.85. The number of nitrogens with zero attached hydrogens (tertiary/aromatic N) is 2. The monoisotopic (exact) mass is 359 g/mol. The highest BCUT2D eigenvalue weighted by molar-refractivity contribution is 5.90. The van der Waals surface area contributed by atoms with Crippen LogP contribution in [0.2, 0.25) is 0 Å². The number of amides is 1. The van der Waals surface area contributed by atoms with Crippen molar-refractivity contribution in [2.75, 3.05) is 11.9 Å². The van der Waals surface area contributed by atoms with E-state index < -0.39 is 11.5 Å². The molecule has 0 atom stereocenters. The number of hydrogen-bond donors (Lipinski definition) is 2. The molecule has 26 heavy (non-hydrogen) atoms. The fraction of sp³-hybridized carbons (Fsp3) is 0.421. The first-order valence-electron chi connectivity index (χ1n) is 8.57. The predicted octanol–water partition coefficient (Wildman–Crippen LogP) is 3.20. The van der Waals surface area contributed by atoms with E-state index in [1.54, 1.807) is 13.8 Å². The largest absolute Gasteiger partial charge is 0.494 e. The van der Waals surface area contributed by atoms with E-state index in [0.717, 1.165) is 17.7 Å². The second kappa shape index (κ2) is 8.51. The summed E-state index contributed by atoms with van der Waals surface area (Å²) < 4.78 is 6.97. The van der Waals surface area contributed by atoms with E-state index in [-0.39, 0.29) is 5.91 Å². The van der Waals surface area contributed by atoms with Crippen LogP contribution in [0, 0.1) is 6.92 Å². The lowest BCUT2D eigenvalue weighted by Crippen LogP contribution is -2.35. The Labute approximate surface area is 153 Å². The average Bonchev–Trinajstić information content (AvgIpc) is 3.03. The molecule has 0 radical (unpaired) electrons. The number of aliphatic carboxylic acids is 1. The van der Waals surface area contributed by atoms with Crippen LogP contribution in [0.1, 0.15) is 38.7 Å². The van der Waals surface area contributed by atoms with Gasteiger partial charge in [-0.15, -0.1) is 0 Å². The van der Waals surface area contributed by atoms with Crippen LogP contribution in [-0.4, -0.2) is 33.4 Å². The number of aryl methyl sites for hydroxylation is 1. The summed E-state index contributed by atoms with van der Waals surface area (Å²) in [4.78, 5) is 23.2. The lowest BCUT2D eigenvalue weighted by Gasteiger charge is -2.19. The maximum absolute atomic E-state index is 12.0. The molecule has 0 unspecified atom stereocenters. The number of anilines is 1. The molecule has 1 aromatic heterocycles. The summed E-state index contributed by atoms with van der Waals surface area (Å²) in [7, 11) is 0. The van der Waals surface area contributed by atoms with Crippen molar-refractivity contribution >= 4 is 17.6 Å². The van der Waals surface area contributed by atoms with Crippen molar-refractivity contribution in [1.29, 1.82) is 0 Å². The van der Waals surface area contributed by atoms with Crippen LogP contribution in [0.25, 0.3) is 0 Å². The molecule has 0 bridgehead atoms. The van der Waals surface area contributed by atoms with Crippen LogP contribution in [0.3, 0.4) is 0 Å². The second-order valence-electron chi connectivity index (χ2n) is 6.71. The van der Waals surface area contributed by atoms with Crippen LogP contribution in [0.4, 0.5) is 5.69 Å². The zero-order valence-corrected chi connectivity index (χ0v) is 15.4. The van der Waals surface area contributed by atoms with E-state index >= 15 is 0 Å². The summed E-state index contributed by atoms with van der Waals surface area (Å²) in [5, 5.41) is 15.9. The number of nitrogens with one attached hydrogen (secondary N) is 1. The third kappa shape index (κ3) is 5.34. The maximum atomic E-state index is 12.0. The minimum absolute atomic E-state index is 0.131. The molecular formula is C19H25N3O4.